The molecule has 1 aromatic carbocycles. The van der Waals surface area contributed by atoms with Crippen LogP contribution in [0.25, 0.3) is 0 Å². The third kappa shape index (κ3) is 3.51. The molecule has 1 saturated heterocycles. The number of hydrogen-bond acceptors (Lipinski definition) is 6. The van der Waals surface area contributed by atoms with Crippen LogP contribution in [0.2, 0.25) is 0 Å². The summed E-state index contributed by atoms with van der Waals surface area (Å²) >= 11 is 0. The van der Waals surface area contributed by atoms with E-state index in [2.05, 4.69) is 15.3 Å². The minimum absolute atomic E-state index is 0.128. The van der Waals surface area contributed by atoms with Crippen molar-refractivity contribution in [2.24, 2.45) is 0 Å². The molecule has 1 aromatic heterocycles. The van der Waals surface area contributed by atoms with E-state index in [0.717, 1.165) is 31.6 Å². The molecule has 4 rings (SSSR count). The second-order valence-corrected chi connectivity index (χ2v) is 6.68. The highest BCUT2D eigenvalue weighted by atomic mass is 19.2. The van der Waals surface area contributed by atoms with Crippen molar-refractivity contribution in [1.82, 2.24) is 9.97 Å². The third-order valence-electron chi connectivity index (χ3n) is 4.82. The first-order chi connectivity index (χ1) is 13.0. The lowest BCUT2D eigenvalue weighted by Gasteiger charge is -2.35. The Morgan fingerprint density at radius 3 is 2.67 bits per heavy atom. The van der Waals surface area contributed by atoms with Crippen LogP contribution in [0.3, 0.4) is 0 Å². The smallest absolute Gasteiger partial charge is 0.225 e. The predicted octanol–water partition coefficient (Wildman–Crippen LogP) is 3.05. The van der Waals surface area contributed by atoms with Crippen molar-refractivity contribution in [3.8, 4) is 5.75 Å². The Bertz CT molecular complexity index is 822. The van der Waals surface area contributed by atoms with E-state index in [-0.39, 0.29) is 18.2 Å². The number of aromatic nitrogens is 2. The zero-order chi connectivity index (χ0) is 19.0. The summed E-state index contributed by atoms with van der Waals surface area (Å²) in [6.45, 7) is 1.48. The molecule has 0 aliphatic carbocycles. The zero-order valence-corrected chi connectivity index (χ0v) is 14.7. The molecule has 6 nitrogen and oxygen atoms in total. The van der Waals surface area contributed by atoms with Crippen LogP contribution in [-0.4, -0.2) is 42.9 Å². The van der Waals surface area contributed by atoms with Crippen LogP contribution in [0.1, 0.15) is 24.4 Å². The Balaban J connectivity index is 1.59. The minimum Gasteiger partial charge on any atom is -0.486 e. The normalized spacial score (nSPS) is 22.1. The molecular weight excluding hydrogens is 361 g/mol. The quantitative estimate of drug-likeness (QED) is 0.826. The molecule has 2 aromatic rings. The molecule has 1 N–H and O–H groups in total. The molecule has 0 radical (unpaired) electrons. The summed E-state index contributed by atoms with van der Waals surface area (Å²) in [5.74, 6) is -2.55. The van der Waals surface area contributed by atoms with Crippen molar-refractivity contribution in [3.63, 3.8) is 0 Å². The van der Waals surface area contributed by atoms with Crippen LogP contribution < -0.4 is 15.0 Å². The fourth-order valence-electron chi connectivity index (χ4n) is 3.34. The zero-order valence-electron chi connectivity index (χ0n) is 14.7. The molecule has 0 saturated carbocycles. The molecule has 2 unspecified atom stereocenters. The summed E-state index contributed by atoms with van der Waals surface area (Å²) in [5, 5.41) is 3.23. The SMILES string of the molecule is CN1c2nc(NC3CCCOC3)ncc2OCC1c1cc(F)c(F)c(F)c1. The number of hydrogen-bond donors (Lipinski definition) is 1. The maximum atomic E-state index is 13.6. The Morgan fingerprint density at radius 1 is 1.19 bits per heavy atom. The minimum atomic E-state index is -1.48. The molecule has 9 heteroatoms. The summed E-state index contributed by atoms with van der Waals surface area (Å²) in [6, 6.07) is 1.58. The maximum Gasteiger partial charge on any atom is 0.225 e. The van der Waals surface area contributed by atoms with E-state index in [0.29, 0.717) is 24.1 Å². The molecule has 2 atom stereocenters. The summed E-state index contributed by atoms with van der Waals surface area (Å²) in [7, 11) is 1.74. The van der Waals surface area contributed by atoms with Crippen LogP contribution in [0, 0.1) is 17.5 Å². The molecule has 3 heterocycles. The van der Waals surface area contributed by atoms with E-state index < -0.39 is 23.5 Å². The lowest BCUT2D eigenvalue weighted by molar-refractivity contribution is 0.0874. The lowest BCUT2D eigenvalue weighted by atomic mass is 10.0. The number of benzene rings is 1. The highest BCUT2D eigenvalue weighted by molar-refractivity contribution is 5.57. The van der Waals surface area contributed by atoms with E-state index in [1.54, 1.807) is 18.1 Å². The van der Waals surface area contributed by atoms with Gasteiger partial charge in [-0.3, -0.25) is 0 Å². The number of anilines is 2. The van der Waals surface area contributed by atoms with Gasteiger partial charge in [0.15, 0.2) is 29.0 Å². The lowest BCUT2D eigenvalue weighted by Crippen LogP contribution is -2.35. The van der Waals surface area contributed by atoms with Crippen molar-refractivity contribution in [3.05, 3.63) is 41.3 Å². The number of halogens is 3. The first-order valence-electron chi connectivity index (χ1n) is 8.74. The number of rotatable bonds is 3. The Labute approximate surface area is 154 Å². The number of nitrogens with one attached hydrogen (secondary N) is 1. The van der Waals surface area contributed by atoms with Gasteiger partial charge in [-0.05, 0) is 30.5 Å². The fourth-order valence-corrected chi connectivity index (χ4v) is 3.34. The van der Waals surface area contributed by atoms with Crippen molar-refractivity contribution >= 4 is 11.8 Å². The average molecular weight is 380 g/mol. The van der Waals surface area contributed by atoms with Crippen molar-refractivity contribution in [2.75, 3.05) is 37.1 Å². The summed E-state index contributed by atoms with van der Waals surface area (Å²) in [5.41, 5.74) is 0.272. The van der Waals surface area contributed by atoms with E-state index >= 15 is 0 Å². The Hall–Kier alpha value is -2.55. The summed E-state index contributed by atoms with van der Waals surface area (Å²) < 4.78 is 51.6. The highest BCUT2D eigenvalue weighted by Crippen LogP contribution is 2.37. The molecule has 0 amide bonds. The van der Waals surface area contributed by atoms with E-state index in [9.17, 15) is 13.2 Å². The number of fused-ring (bicyclic) bond motifs is 1. The van der Waals surface area contributed by atoms with E-state index in [4.69, 9.17) is 9.47 Å². The molecule has 144 valence electrons. The van der Waals surface area contributed by atoms with E-state index in [1.807, 2.05) is 0 Å². The third-order valence-corrected chi connectivity index (χ3v) is 4.82. The van der Waals surface area contributed by atoms with Crippen LogP contribution >= 0.6 is 0 Å². The van der Waals surface area contributed by atoms with Crippen molar-refractivity contribution < 1.29 is 22.6 Å². The van der Waals surface area contributed by atoms with E-state index in [1.165, 1.54) is 0 Å². The second-order valence-electron chi connectivity index (χ2n) is 6.68. The molecule has 0 bridgehead atoms. The number of nitrogens with zero attached hydrogens (tertiary/aromatic N) is 3. The van der Waals surface area contributed by atoms with Gasteiger partial charge in [-0.15, -0.1) is 0 Å². The topological polar surface area (TPSA) is 59.5 Å². The van der Waals surface area contributed by atoms with Gasteiger partial charge in [0, 0.05) is 13.7 Å². The van der Waals surface area contributed by atoms with Gasteiger partial charge in [-0.2, -0.15) is 4.98 Å². The van der Waals surface area contributed by atoms with Crippen molar-refractivity contribution in [1.29, 1.82) is 0 Å². The van der Waals surface area contributed by atoms with Crippen LogP contribution in [-0.2, 0) is 4.74 Å². The summed E-state index contributed by atoms with van der Waals surface area (Å²) in [6.07, 6.45) is 3.49. The van der Waals surface area contributed by atoms with Crippen LogP contribution in [0.4, 0.5) is 24.9 Å². The molecular formula is C18H19F3N4O2. The summed E-state index contributed by atoms with van der Waals surface area (Å²) in [4.78, 5) is 10.5. The monoisotopic (exact) mass is 380 g/mol. The Kier molecular flexibility index (Phi) is 4.77. The standard InChI is InChI=1S/C18H19F3N4O2/c1-25-14(10-5-12(19)16(21)13(20)6-10)9-27-15-7-22-18(24-17(15)25)23-11-3-2-4-26-8-11/h5-7,11,14H,2-4,8-9H2,1H3,(H,22,23,24). The first kappa shape index (κ1) is 17.8. The van der Waals surface area contributed by atoms with Gasteiger partial charge in [0.25, 0.3) is 0 Å². The number of likely N-dealkylation sites (N-methyl/N-ethyl adjacent to an activating group) is 1. The molecule has 27 heavy (non-hydrogen) atoms. The second kappa shape index (κ2) is 7.22. The predicted molar refractivity (Wildman–Crippen MR) is 92.5 cm³/mol. The number of ether oxygens (including phenoxy) is 2. The van der Waals surface area contributed by atoms with Gasteiger partial charge in [-0.1, -0.05) is 0 Å². The van der Waals surface area contributed by atoms with Gasteiger partial charge in [0.2, 0.25) is 5.95 Å². The maximum absolute atomic E-state index is 13.6. The van der Waals surface area contributed by atoms with Crippen molar-refractivity contribution in [2.45, 2.75) is 24.9 Å². The fraction of sp³-hybridized carbons (Fsp3) is 0.444. The van der Waals surface area contributed by atoms with Gasteiger partial charge in [0.1, 0.15) is 6.61 Å². The first-order valence-corrected chi connectivity index (χ1v) is 8.74. The van der Waals surface area contributed by atoms with Gasteiger partial charge >= 0.3 is 0 Å². The molecule has 1 fully saturated rings. The van der Waals surface area contributed by atoms with Gasteiger partial charge in [-0.25, -0.2) is 18.2 Å². The van der Waals surface area contributed by atoms with Gasteiger partial charge < -0.3 is 19.7 Å². The Morgan fingerprint density at radius 2 is 1.96 bits per heavy atom. The molecule has 2 aliphatic rings. The van der Waals surface area contributed by atoms with Crippen LogP contribution in [0.15, 0.2) is 18.3 Å². The average Bonchev–Trinajstić information content (AvgIpc) is 2.67. The highest BCUT2D eigenvalue weighted by Gasteiger charge is 2.30. The van der Waals surface area contributed by atoms with Crippen LogP contribution in [0.5, 0.6) is 5.75 Å². The van der Waals surface area contributed by atoms with Gasteiger partial charge in [0.05, 0.1) is 24.9 Å². The molecule has 0 spiro atoms. The largest absolute Gasteiger partial charge is 0.486 e. The molecule has 2 aliphatic heterocycles.